The van der Waals surface area contributed by atoms with Crippen LogP contribution in [0.2, 0.25) is 0 Å². The van der Waals surface area contributed by atoms with Gasteiger partial charge in [0.1, 0.15) is 11.6 Å². The van der Waals surface area contributed by atoms with Crippen LogP contribution in [-0.2, 0) is 7.05 Å². The van der Waals surface area contributed by atoms with Gasteiger partial charge in [-0.3, -0.25) is 9.48 Å². The van der Waals surface area contributed by atoms with Crippen LogP contribution in [0.3, 0.4) is 0 Å². The maximum absolute atomic E-state index is 12.4. The first kappa shape index (κ1) is 14.6. The Morgan fingerprint density at radius 2 is 2.23 bits per heavy atom. The summed E-state index contributed by atoms with van der Waals surface area (Å²) in [4.78, 5) is 19.0. The highest BCUT2D eigenvalue weighted by atomic mass is 16.1. The summed E-state index contributed by atoms with van der Waals surface area (Å²) < 4.78 is 1.63. The fourth-order valence-electron chi connectivity index (χ4n) is 2.82. The molecule has 6 nitrogen and oxygen atoms in total. The van der Waals surface area contributed by atoms with E-state index in [9.17, 15) is 4.79 Å². The van der Waals surface area contributed by atoms with Crippen LogP contribution in [-0.4, -0.2) is 33.8 Å². The van der Waals surface area contributed by atoms with E-state index in [-0.39, 0.29) is 5.91 Å². The molecule has 3 heterocycles. The van der Waals surface area contributed by atoms with Gasteiger partial charge in [0.05, 0.1) is 6.20 Å². The third-order valence-electron chi connectivity index (χ3n) is 4.05. The number of aryl methyl sites for hydroxylation is 1. The van der Waals surface area contributed by atoms with Crippen molar-refractivity contribution in [2.24, 2.45) is 13.0 Å². The molecule has 116 valence electrons. The Labute approximate surface area is 130 Å². The Morgan fingerprint density at radius 3 is 2.95 bits per heavy atom. The summed E-state index contributed by atoms with van der Waals surface area (Å²) in [6, 6.07) is 5.37. The van der Waals surface area contributed by atoms with Gasteiger partial charge in [-0.15, -0.1) is 0 Å². The Bertz CT molecular complexity index is 666. The fourth-order valence-corrected chi connectivity index (χ4v) is 2.82. The van der Waals surface area contributed by atoms with Crippen LogP contribution in [0.25, 0.3) is 0 Å². The Kier molecular flexibility index (Phi) is 4.09. The van der Waals surface area contributed by atoms with Gasteiger partial charge in [-0.1, -0.05) is 6.92 Å². The first-order valence-electron chi connectivity index (χ1n) is 7.64. The van der Waals surface area contributed by atoms with Gasteiger partial charge in [0.15, 0.2) is 0 Å². The molecule has 2 aromatic heterocycles. The standard InChI is InChI=1S/C16H21N5O/c1-12-4-3-9-21(11-12)15-10-13(5-7-17-15)16(22)19-14-6-8-18-20(14)2/h5-8,10,12H,3-4,9,11H2,1-2H3,(H,19,22). The van der Waals surface area contributed by atoms with Crippen LogP contribution in [0.15, 0.2) is 30.6 Å². The van der Waals surface area contributed by atoms with Gasteiger partial charge in [-0.05, 0) is 30.9 Å². The van der Waals surface area contributed by atoms with Crippen LogP contribution in [0.4, 0.5) is 11.6 Å². The summed E-state index contributed by atoms with van der Waals surface area (Å²) in [5.74, 6) is 2.08. The van der Waals surface area contributed by atoms with Gasteiger partial charge in [0.2, 0.25) is 0 Å². The van der Waals surface area contributed by atoms with Gasteiger partial charge in [-0.2, -0.15) is 5.10 Å². The molecule has 0 aromatic carbocycles. The monoisotopic (exact) mass is 299 g/mol. The number of piperidine rings is 1. The molecule has 1 saturated heterocycles. The third kappa shape index (κ3) is 3.10. The van der Waals surface area contributed by atoms with E-state index in [1.807, 2.05) is 6.07 Å². The van der Waals surface area contributed by atoms with E-state index in [4.69, 9.17) is 0 Å². The molecule has 1 N–H and O–H groups in total. The molecule has 1 aliphatic heterocycles. The number of anilines is 2. The number of hydrogen-bond acceptors (Lipinski definition) is 4. The smallest absolute Gasteiger partial charge is 0.256 e. The molecule has 0 saturated carbocycles. The normalized spacial score (nSPS) is 18.3. The Hall–Kier alpha value is -2.37. The molecule has 0 aliphatic carbocycles. The highest BCUT2D eigenvalue weighted by Crippen LogP contribution is 2.22. The summed E-state index contributed by atoms with van der Waals surface area (Å²) >= 11 is 0. The minimum atomic E-state index is -0.141. The highest BCUT2D eigenvalue weighted by molar-refractivity contribution is 6.04. The lowest BCUT2D eigenvalue weighted by atomic mass is 10.0. The fraction of sp³-hybridized carbons (Fsp3) is 0.438. The molecule has 22 heavy (non-hydrogen) atoms. The molecule has 6 heteroatoms. The first-order chi connectivity index (χ1) is 10.6. The maximum atomic E-state index is 12.4. The Morgan fingerprint density at radius 1 is 1.36 bits per heavy atom. The zero-order valence-corrected chi connectivity index (χ0v) is 13.0. The summed E-state index contributed by atoms with van der Waals surface area (Å²) in [7, 11) is 1.79. The van der Waals surface area contributed by atoms with E-state index in [2.05, 4.69) is 27.2 Å². The molecule has 0 radical (unpaired) electrons. The molecule has 0 spiro atoms. The van der Waals surface area contributed by atoms with Crippen molar-refractivity contribution < 1.29 is 4.79 Å². The van der Waals surface area contributed by atoms with Crippen LogP contribution in [0, 0.1) is 5.92 Å². The van der Waals surface area contributed by atoms with Gasteiger partial charge in [0.25, 0.3) is 5.91 Å². The molecule has 0 bridgehead atoms. The van der Waals surface area contributed by atoms with Gasteiger partial charge in [-0.25, -0.2) is 4.98 Å². The second-order valence-electron chi connectivity index (χ2n) is 5.89. The molecule has 1 atom stereocenters. The van der Waals surface area contributed by atoms with Crippen molar-refractivity contribution in [1.82, 2.24) is 14.8 Å². The summed E-state index contributed by atoms with van der Waals surface area (Å²) in [5.41, 5.74) is 0.615. The molecule has 1 fully saturated rings. The van der Waals surface area contributed by atoms with Crippen molar-refractivity contribution in [3.63, 3.8) is 0 Å². The highest BCUT2D eigenvalue weighted by Gasteiger charge is 2.18. The predicted octanol–water partition coefficient (Wildman–Crippen LogP) is 2.30. The van der Waals surface area contributed by atoms with Crippen molar-refractivity contribution >= 4 is 17.5 Å². The van der Waals surface area contributed by atoms with E-state index in [1.165, 1.54) is 12.8 Å². The van der Waals surface area contributed by atoms with Gasteiger partial charge >= 0.3 is 0 Å². The molecular formula is C16H21N5O. The van der Waals surface area contributed by atoms with Crippen LogP contribution < -0.4 is 10.2 Å². The zero-order valence-electron chi connectivity index (χ0n) is 13.0. The number of nitrogens with one attached hydrogen (secondary N) is 1. The number of carbonyl (C=O) groups is 1. The third-order valence-corrected chi connectivity index (χ3v) is 4.05. The summed E-state index contributed by atoms with van der Waals surface area (Å²) in [6.45, 7) is 4.26. The lowest BCUT2D eigenvalue weighted by molar-refractivity contribution is 0.102. The average Bonchev–Trinajstić information content (AvgIpc) is 2.92. The number of carbonyl (C=O) groups excluding carboxylic acids is 1. The zero-order chi connectivity index (χ0) is 15.5. The topological polar surface area (TPSA) is 63.1 Å². The van der Waals surface area contributed by atoms with Crippen molar-refractivity contribution in [3.05, 3.63) is 36.2 Å². The molecule has 3 rings (SSSR count). The van der Waals surface area contributed by atoms with Crippen molar-refractivity contribution in [2.75, 3.05) is 23.3 Å². The second kappa shape index (κ2) is 6.17. The van der Waals surface area contributed by atoms with Crippen LogP contribution >= 0.6 is 0 Å². The van der Waals surface area contributed by atoms with Gasteiger partial charge < -0.3 is 10.2 Å². The average molecular weight is 299 g/mol. The van der Waals surface area contributed by atoms with E-state index < -0.39 is 0 Å². The number of aromatic nitrogens is 3. The van der Waals surface area contributed by atoms with E-state index in [1.54, 1.807) is 36.3 Å². The predicted molar refractivity (Wildman–Crippen MR) is 86.0 cm³/mol. The molecule has 1 amide bonds. The second-order valence-corrected chi connectivity index (χ2v) is 5.89. The summed E-state index contributed by atoms with van der Waals surface area (Å²) in [6.07, 6.45) is 5.79. The van der Waals surface area contributed by atoms with Crippen LogP contribution in [0.1, 0.15) is 30.1 Å². The maximum Gasteiger partial charge on any atom is 0.256 e. The van der Waals surface area contributed by atoms with Gasteiger partial charge in [0, 0.05) is 38.0 Å². The molecule has 1 aliphatic rings. The number of hydrogen-bond donors (Lipinski definition) is 1. The van der Waals surface area contributed by atoms with Crippen molar-refractivity contribution in [2.45, 2.75) is 19.8 Å². The van der Waals surface area contributed by atoms with E-state index in [0.29, 0.717) is 17.3 Å². The quantitative estimate of drug-likeness (QED) is 0.944. The lowest BCUT2D eigenvalue weighted by Crippen LogP contribution is -2.34. The minimum absolute atomic E-state index is 0.141. The van der Waals surface area contributed by atoms with E-state index >= 15 is 0 Å². The van der Waals surface area contributed by atoms with E-state index in [0.717, 1.165) is 18.9 Å². The van der Waals surface area contributed by atoms with Crippen molar-refractivity contribution in [3.8, 4) is 0 Å². The molecule has 1 unspecified atom stereocenters. The van der Waals surface area contributed by atoms with Crippen LogP contribution in [0.5, 0.6) is 0 Å². The first-order valence-corrected chi connectivity index (χ1v) is 7.64. The lowest BCUT2D eigenvalue weighted by Gasteiger charge is -2.31. The Balaban J connectivity index is 1.76. The molecular weight excluding hydrogens is 278 g/mol. The van der Waals surface area contributed by atoms with Crippen molar-refractivity contribution in [1.29, 1.82) is 0 Å². The molecule has 2 aromatic rings. The SMILES string of the molecule is CC1CCCN(c2cc(C(=O)Nc3ccnn3C)ccn2)C1. The summed E-state index contributed by atoms with van der Waals surface area (Å²) in [5, 5.41) is 6.90. The number of nitrogens with zero attached hydrogens (tertiary/aromatic N) is 4. The minimum Gasteiger partial charge on any atom is -0.356 e. The largest absolute Gasteiger partial charge is 0.356 e. The number of pyridine rings is 1. The number of amides is 1. The number of rotatable bonds is 3.